The third-order valence-corrected chi connectivity index (χ3v) is 5.68. The van der Waals surface area contributed by atoms with Gasteiger partial charge in [0.25, 0.3) is 0 Å². The molecule has 0 spiro atoms. The minimum absolute atomic E-state index is 0.0205. The van der Waals surface area contributed by atoms with Crippen molar-refractivity contribution in [3.63, 3.8) is 0 Å². The molecule has 3 rings (SSSR count). The van der Waals surface area contributed by atoms with Crippen molar-refractivity contribution in [2.75, 3.05) is 32.6 Å². The largest absolute Gasteiger partial charge is 0.497 e. The maximum atomic E-state index is 13.0. The number of rotatable bonds is 5. The molecule has 1 saturated heterocycles. The molecule has 0 radical (unpaired) electrons. The lowest BCUT2D eigenvalue weighted by Crippen LogP contribution is -2.45. The molecular formula is C23H29N3O3. The topological polar surface area (TPSA) is 61.9 Å². The van der Waals surface area contributed by atoms with Crippen LogP contribution in [0, 0.1) is 5.92 Å². The van der Waals surface area contributed by atoms with E-state index < -0.39 is 0 Å². The number of methoxy groups -OCH3 is 1. The van der Waals surface area contributed by atoms with Crippen LogP contribution in [-0.4, -0.2) is 49.0 Å². The monoisotopic (exact) mass is 395 g/mol. The normalized spacial score (nSPS) is 15.5. The summed E-state index contributed by atoms with van der Waals surface area (Å²) in [6.45, 7) is 3.20. The molecule has 1 unspecified atom stereocenters. The Kier molecular flexibility index (Phi) is 6.75. The second kappa shape index (κ2) is 9.45. The van der Waals surface area contributed by atoms with Crippen LogP contribution in [0.5, 0.6) is 5.75 Å². The molecule has 2 aromatic carbocycles. The minimum Gasteiger partial charge on any atom is -0.497 e. The number of piperidine rings is 1. The molecule has 1 aliphatic rings. The highest BCUT2D eigenvalue weighted by Crippen LogP contribution is 2.26. The average Bonchev–Trinajstić information content (AvgIpc) is 2.78. The first-order valence-corrected chi connectivity index (χ1v) is 10.0. The van der Waals surface area contributed by atoms with Gasteiger partial charge in [-0.2, -0.15) is 0 Å². The van der Waals surface area contributed by atoms with E-state index in [9.17, 15) is 9.59 Å². The lowest BCUT2D eigenvalue weighted by atomic mass is 9.94. The molecule has 3 amide bonds. The number of ether oxygens (including phenoxy) is 1. The number of benzene rings is 2. The molecule has 1 atom stereocenters. The Morgan fingerprint density at radius 1 is 1.07 bits per heavy atom. The summed E-state index contributed by atoms with van der Waals surface area (Å²) in [7, 11) is 3.49. The van der Waals surface area contributed by atoms with Gasteiger partial charge in [0.2, 0.25) is 5.91 Å². The van der Waals surface area contributed by atoms with Crippen molar-refractivity contribution in [3.8, 4) is 5.75 Å². The molecule has 6 heteroatoms. The maximum Gasteiger partial charge on any atom is 0.321 e. The van der Waals surface area contributed by atoms with E-state index in [1.54, 1.807) is 12.0 Å². The van der Waals surface area contributed by atoms with E-state index >= 15 is 0 Å². The molecule has 1 heterocycles. The smallest absolute Gasteiger partial charge is 0.321 e. The van der Waals surface area contributed by atoms with Crippen molar-refractivity contribution >= 4 is 17.6 Å². The summed E-state index contributed by atoms with van der Waals surface area (Å²) in [5.74, 6) is 0.883. The summed E-state index contributed by atoms with van der Waals surface area (Å²) in [6, 6.07) is 17.1. The highest BCUT2D eigenvalue weighted by Gasteiger charge is 2.30. The van der Waals surface area contributed by atoms with E-state index in [4.69, 9.17) is 4.74 Å². The summed E-state index contributed by atoms with van der Waals surface area (Å²) in [6.07, 6.45) is 1.36. The Bertz CT molecular complexity index is 815. The third-order valence-electron chi connectivity index (χ3n) is 5.68. The molecular weight excluding hydrogens is 366 g/mol. The predicted molar refractivity (Wildman–Crippen MR) is 114 cm³/mol. The average molecular weight is 396 g/mol. The Hall–Kier alpha value is -3.02. The Morgan fingerprint density at radius 3 is 2.28 bits per heavy atom. The standard InChI is InChI=1S/C23H29N3O3/c1-17(18-9-11-21(29-3)12-10-18)25(2)22(27)19-13-15-26(16-14-19)23(28)24-20-7-5-4-6-8-20/h4-12,17,19H,13-16H2,1-3H3,(H,24,28). The molecule has 6 nitrogen and oxygen atoms in total. The first kappa shape index (κ1) is 20.7. The van der Waals surface area contributed by atoms with Gasteiger partial charge in [-0.3, -0.25) is 4.79 Å². The Balaban J connectivity index is 1.52. The zero-order chi connectivity index (χ0) is 20.8. The number of carbonyl (C=O) groups is 2. The second-order valence-corrected chi connectivity index (χ2v) is 7.46. The van der Waals surface area contributed by atoms with E-state index in [1.807, 2.05) is 73.5 Å². The summed E-state index contributed by atoms with van der Waals surface area (Å²) in [4.78, 5) is 29.0. The van der Waals surface area contributed by atoms with Gasteiger partial charge in [0.05, 0.1) is 13.2 Å². The molecule has 0 saturated carbocycles. The van der Waals surface area contributed by atoms with Crippen molar-refractivity contribution in [3.05, 3.63) is 60.2 Å². The Morgan fingerprint density at radius 2 is 1.69 bits per heavy atom. The fourth-order valence-electron chi connectivity index (χ4n) is 3.64. The van der Waals surface area contributed by atoms with Crippen LogP contribution < -0.4 is 10.1 Å². The van der Waals surface area contributed by atoms with Gasteiger partial charge in [0.15, 0.2) is 0 Å². The Labute approximate surface area is 172 Å². The fourth-order valence-corrected chi connectivity index (χ4v) is 3.64. The van der Waals surface area contributed by atoms with Gasteiger partial charge in [-0.05, 0) is 49.6 Å². The van der Waals surface area contributed by atoms with Crippen LogP contribution in [-0.2, 0) is 4.79 Å². The lowest BCUT2D eigenvalue weighted by molar-refractivity contribution is -0.137. The van der Waals surface area contributed by atoms with Crippen LogP contribution in [0.4, 0.5) is 10.5 Å². The highest BCUT2D eigenvalue weighted by molar-refractivity contribution is 5.89. The molecule has 154 valence electrons. The van der Waals surface area contributed by atoms with Crippen LogP contribution in [0.2, 0.25) is 0 Å². The number of amides is 3. The molecule has 2 aromatic rings. The summed E-state index contributed by atoms with van der Waals surface area (Å²) in [5.41, 5.74) is 1.85. The van der Waals surface area contributed by atoms with Crippen LogP contribution in [0.15, 0.2) is 54.6 Å². The van der Waals surface area contributed by atoms with Crippen LogP contribution in [0.3, 0.4) is 0 Å². The highest BCUT2D eigenvalue weighted by atomic mass is 16.5. The number of anilines is 1. The van der Waals surface area contributed by atoms with E-state index in [1.165, 1.54) is 0 Å². The first-order chi connectivity index (χ1) is 14.0. The molecule has 0 bridgehead atoms. The van der Waals surface area contributed by atoms with Gasteiger partial charge in [0.1, 0.15) is 5.75 Å². The van der Waals surface area contributed by atoms with Gasteiger partial charge in [-0.25, -0.2) is 4.79 Å². The molecule has 1 fully saturated rings. The number of nitrogens with zero attached hydrogens (tertiary/aromatic N) is 2. The number of hydrogen-bond acceptors (Lipinski definition) is 3. The van der Waals surface area contributed by atoms with Gasteiger partial charge >= 0.3 is 6.03 Å². The van der Waals surface area contributed by atoms with Gasteiger partial charge in [-0.15, -0.1) is 0 Å². The zero-order valence-electron chi connectivity index (χ0n) is 17.3. The zero-order valence-corrected chi connectivity index (χ0v) is 17.3. The number of nitrogens with one attached hydrogen (secondary N) is 1. The van der Waals surface area contributed by atoms with Crippen LogP contribution in [0.1, 0.15) is 31.4 Å². The van der Waals surface area contributed by atoms with Crippen LogP contribution in [0.25, 0.3) is 0 Å². The van der Waals surface area contributed by atoms with Crippen LogP contribution >= 0.6 is 0 Å². The van der Waals surface area contributed by atoms with Crippen molar-refractivity contribution in [1.82, 2.24) is 9.80 Å². The fraction of sp³-hybridized carbons (Fsp3) is 0.391. The molecule has 0 aromatic heterocycles. The minimum atomic E-state index is -0.109. The summed E-state index contributed by atoms with van der Waals surface area (Å²) in [5, 5.41) is 2.91. The van der Waals surface area contributed by atoms with Gasteiger partial charge < -0.3 is 19.9 Å². The number of carbonyl (C=O) groups excluding carboxylic acids is 2. The molecule has 29 heavy (non-hydrogen) atoms. The maximum absolute atomic E-state index is 13.0. The van der Waals surface area contributed by atoms with E-state index in [2.05, 4.69) is 5.32 Å². The lowest BCUT2D eigenvalue weighted by Gasteiger charge is -2.35. The number of urea groups is 1. The van der Waals surface area contributed by atoms with E-state index in [-0.39, 0.29) is 23.9 Å². The third kappa shape index (κ3) is 5.08. The summed E-state index contributed by atoms with van der Waals surface area (Å²) >= 11 is 0. The first-order valence-electron chi connectivity index (χ1n) is 10.0. The molecule has 0 aliphatic carbocycles. The summed E-state index contributed by atoms with van der Waals surface area (Å²) < 4.78 is 5.20. The van der Waals surface area contributed by atoms with E-state index in [0.717, 1.165) is 17.0 Å². The van der Waals surface area contributed by atoms with Crippen molar-refractivity contribution < 1.29 is 14.3 Å². The van der Waals surface area contributed by atoms with Crippen molar-refractivity contribution in [2.24, 2.45) is 5.92 Å². The van der Waals surface area contributed by atoms with Crippen molar-refractivity contribution in [2.45, 2.75) is 25.8 Å². The van der Waals surface area contributed by atoms with E-state index in [0.29, 0.717) is 25.9 Å². The van der Waals surface area contributed by atoms with Gasteiger partial charge in [-0.1, -0.05) is 30.3 Å². The SMILES string of the molecule is COc1ccc(C(C)N(C)C(=O)C2CCN(C(=O)Nc3ccccc3)CC2)cc1. The van der Waals surface area contributed by atoms with Crippen molar-refractivity contribution in [1.29, 1.82) is 0 Å². The number of para-hydroxylation sites is 1. The molecule has 1 N–H and O–H groups in total. The predicted octanol–water partition coefficient (Wildman–Crippen LogP) is 4.16. The number of likely N-dealkylation sites (tertiary alicyclic amines) is 1. The van der Waals surface area contributed by atoms with Gasteiger partial charge in [0, 0.05) is 31.7 Å². The molecule has 1 aliphatic heterocycles. The number of hydrogen-bond donors (Lipinski definition) is 1. The second-order valence-electron chi connectivity index (χ2n) is 7.46. The quantitative estimate of drug-likeness (QED) is 0.827.